The van der Waals surface area contributed by atoms with Crippen LogP contribution in [0.15, 0.2) is 0 Å². The zero-order valence-corrected chi connectivity index (χ0v) is 10.6. The van der Waals surface area contributed by atoms with Crippen molar-refractivity contribution < 1.29 is 8.42 Å². The van der Waals surface area contributed by atoms with Gasteiger partial charge in [0.1, 0.15) is 0 Å². The van der Waals surface area contributed by atoms with E-state index in [0.717, 1.165) is 25.7 Å². The first-order chi connectivity index (χ1) is 7.59. The van der Waals surface area contributed by atoms with Crippen molar-refractivity contribution >= 4 is 10.0 Å². The van der Waals surface area contributed by atoms with Gasteiger partial charge >= 0.3 is 0 Å². The molecule has 0 aromatic heterocycles. The Labute approximate surface area is 98.2 Å². The van der Waals surface area contributed by atoms with E-state index in [2.05, 4.69) is 0 Å². The van der Waals surface area contributed by atoms with Crippen molar-refractivity contribution in [2.45, 2.75) is 51.1 Å². The van der Waals surface area contributed by atoms with E-state index in [4.69, 9.17) is 5.73 Å². The Bertz CT molecular complexity index is 323. The van der Waals surface area contributed by atoms with Crippen LogP contribution >= 0.6 is 0 Å². The van der Waals surface area contributed by atoms with Crippen molar-refractivity contribution in [1.82, 2.24) is 4.31 Å². The highest BCUT2D eigenvalue weighted by molar-refractivity contribution is 7.89. The monoisotopic (exact) mass is 246 g/mol. The van der Waals surface area contributed by atoms with Crippen molar-refractivity contribution in [2.24, 2.45) is 11.7 Å². The Morgan fingerprint density at radius 3 is 2.31 bits per heavy atom. The van der Waals surface area contributed by atoms with Crippen LogP contribution < -0.4 is 5.73 Å². The number of rotatable bonds is 3. The molecule has 2 aliphatic rings. The minimum Gasteiger partial charge on any atom is -0.315 e. The van der Waals surface area contributed by atoms with Crippen molar-refractivity contribution in [2.75, 3.05) is 12.3 Å². The van der Waals surface area contributed by atoms with E-state index < -0.39 is 10.0 Å². The van der Waals surface area contributed by atoms with Gasteiger partial charge in [0.25, 0.3) is 0 Å². The molecular formula is C11H22N2O2S. The molecule has 1 atom stereocenters. The number of nitrogens with two attached hydrogens (primary N) is 1. The second kappa shape index (κ2) is 5.02. The molecule has 1 saturated carbocycles. The highest BCUT2D eigenvalue weighted by Crippen LogP contribution is 2.27. The second-order valence-corrected chi connectivity index (χ2v) is 7.07. The molecule has 2 fully saturated rings. The first kappa shape index (κ1) is 12.3. The van der Waals surface area contributed by atoms with Gasteiger partial charge in [0.05, 0.1) is 11.9 Å². The molecule has 1 aliphatic heterocycles. The van der Waals surface area contributed by atoms with E-state index in [0.29, 0.717) is 18.2 Å². The molecule has 94 valence electrons. The summed E-state index contributed by atoms with van der Waals surface area (Å²) in [5, 5.41) is 0. The van der Waals surface area contributed by atoms with Crippen molar-refractivity contribution in [3.63, 3.8) is 0 Å². The lowest BCUT2D eigenvalue weighted by molar-refractivity contribution is 0.359. The number of hydrogen-bond acceptors (Lipinski definition) is 3. The average Bonchev–Trinajstić information content (AvgIpc) is 2.66. The normalized spacial score (nSPS) is 29.7. The molecule has 0 bridgehead atoms. The summed E-state index contributed by atoms with van der Waals surface area (Å²) in [5.41, 5.74) is 5.82. The molecule has 0 radical (unpaired) electrons. The third kappa shape index (κ3) is 2.76. The molecule has 5 heteroatoms. The van der Waals surface area contributed by atoms with Crippen LogP contribution in [0.5, 0.6) is 0 Å². The number of nitrogens with zero attached hydrogens (tertiary/aromatic N) is 1. The molecule has 0 aromatic carbocycles. The Balaban J connectivity index is 1.96. The second-order valence-electron chi connectivity index (χ2n) is 5.10. The van der Waals surface area contributed by atoms with Crippen molar-refractivity contribution in [1.29, 1.82) is 0 Å². The molecule has 2 rings (SSSR count). The van der Waals surface area contributed by atoms with Crippen LogP contribution in [0.4, 0.5) is 0 Å². The van der Waals surface area contributed by atoms with Gasteiger partial charge in [-0.05, 0) is 31.6 Å². The van der Waals surface area contributed by atoms with Gasteiger partial charge in [-0.1, -0.05) is 19.3 Å². The SMILES string of the molecule is NC1CCCN1S(=O)(=O)CC1CCCCC1. The van der Waals surface area contributed by atoms with Crippen molar-refractivity contribution in [3.05, 3.63) is 0 Å². The van der Waals surface area contributed by atoms with Crippen molar-refractivity contribution in [3.8, 4) is 0 Å². The molecule has 0 spiro atoms. The lowest BCUT2D eigenvalue weighted by atomic mass is 9.91. The highest BCUT2D eigenvalue weighted by Gasteiger charge is 2.33. The lowest BCUT2D eigenvalue weighted by Crippen LogP contribution is -2.43. The first-order valence-electron chi connectivity index (χ1n) is 6.35. The summed E-state index contributed by atoms with van der Waals surface area (Å²) in [7, 11) is -3.10. The van der Waals surface area contributed by atoms with Gasteiger partial charge in [0.2, 0.25) is 10.0 Å². The number of sulfonamides is 1. The summed E-state index contributed by atoms with van der Waals surface area (Å²) < 4.78 is 25.8. The van der Waals surface area contributed by atoms with Crippen LogP contribution in [0.2, 0.25) is 0 Å². The fourth-order valence-electron chi connectivity index (χ4n) is 2.86. The maximum atomic E-state index is 12.2. The van der Waals surface area contributed by atoms with Crippen LogP contribution in [0.1, 0.15) is 44.9 Å². The molecule has 1 unspecified atom stereocenters. The summed E-state index contributed by atoms with van der Waals surface area (Å²) >= 11 is 0. The van der Waals surface area contributed by atoms with Gasteiger partial charge in [-0.25, -0.2) is 8.42 Å². The summed E-state index contributed by atoms with van der Waals surface area (Å²) in [6, 6.07) is 0. The summed E-state index contributed by atoms with van der Waals surface area (Å²) in [6.07, 6.45) is 7.23. The van der Waals surface area contributed by atoms with E-state index >= 15 is 0 Å². The van der Waals surface area contributed by atoms with Gasteiger partial charge in [0.15, 0.2) is 0 Å². The largest absolute Gasteiger partial charge is 0.315 e. The van der Waals surface area contributed by atoms with E-state index in [-0.39, 0.29) is 6.17 Å². The highest BCUT2D eigenvalue weighted by atomic mass is 32.2. The summed E-state index contributed by atoms with van der Waals surface area (Å²) in [4.78, 5) is 0. The van der Waals surface area contributed by atoms with Crippen LogP contribution in [-0.4, -0.2) is 31.2 Å². The number of hydrogen-bond donors (Lipinski definition) is 1. The van der Waals surface area contributed by atoms with E-state index in [1.165, 1.54) is 23.6 Å². The Morgan fingerprint density at radius 1 is 1.06 bits per heavy atom. The van der Waals surface area contributed by atoms with E-state index in [1.807, 2.05) is 0 Å². The van der Waals surface area contributed by atoms with Gasteiger partial charge in [0, 0.05) is 6.54 Å². The molecule has 4 nitrogen and oxygen atoms in total. The average molecular weight is 246 g/mol. The molecule has 2 N–H and O–H groups in total. The molecule has 0 aromatic rings. The standard InChI is InChI=1S/C11H22N2O2S/c12-11-7-4-8-13(11)16(14,15)9-10-5-2-1-3-6-10/h10-11H,1-9,12H2. The van der Waals surface area contributed by atoms with Gasteiger partial charge in [-0.2, -0.15) is 4.31 Å². The van der Waals surface area contributed by atoms with Gasteiger partial charge in [-0.15, -0.1) is 0 Å². The fraction of sp³-hybridized carbons (Fsp3) is 1.00. The summed E-state index contributed by atoms with van der Waals surface area (Å²) in [6.45, 7) is 0.621. The molecule has 1 saturated heterocycles. The first-order valence-corrected chi connectivity index (χ1v) is 7.95. The van der Waals surface area contributed by atoms with Crippen LogP contribution in [0.25, 0.3) is 0 Å². The predicted octanol–water partition coefficient (Wildman–Crippen LogP) is 1.28. The van der Waals surface area contributed by atoms with Crippen LogP contribution in [0.3, 0.4) is 0 Å². The Kier molecular flexibility index (Phi) is 3.87. The third-order valence-electron chi connectivity index (χ3n) is 3.78. The lowest BCUT2D eigenvalue weighted by Gasteiger charge is -2.26. The summed E-state index contributed by atoms with van der Waals surface area (Å²) in [5.74, 6) is 0.687. The third-order valence-corrected chi connectivity index (χ3v) is 5.84. The van der Waals surface area contributed by atoms with Gasteiger partial charge < -0.3 is 5.73 Å². The minimum absolute atomic E-state index is 0.270. The topological polar surface area (TPSA) is 63.4 Å². The molecule has 1 aliphatic carbocycles. The van der Waals surface area contributed by atoms with E-state index in [9.17, 15) is 8.42 Å². The quantitative estimate of drug-likeness (QED) is 0.816. The maximum absolute atomic E-state index is 12.2. The fourth-order valence-corrected chi connectivity index (χ4v) is 4.90. The molecular weight excluding hydrogens is 224 g/mol. The maximum Gasteiger partial charge on any atom is 0.215 e. The molecule has 1 heterocycles. The zero-order valence-electron chi connectivity index (χ0n) is 9.77. The Hall–Kier alpha value is -0.130. The molecule has 16 heavy (non-hydrogen) atoms. The van der Waals surface area contributed by atoms with Crippen LogP contribution in [-0.2, 0) is 10.0 Å². The predicted molar refractivity (Wildman–Crippen MR) is 64.3 cm³/mol. The Morgan fingerprint density at radius 2 is 1.75 bits per heavy atom. The smallest absolute Gasteiger partial charge is 0.215 e. The molecule has 0 amide bonds. The van der Waals surface area contributed by atoms with Crippen LogP contribution in [0, 0.1) is 5.92 Å². The zero-order chi connectivity index (χ0) is 11.6. The van der Waals surface area contributed by atoms with Gasteiger partial charge in [-0.3, -0.25) is 0 Å². The minimum atomic E-state index is -3.10. The van der Waals surface area contributed by atoms with E-state index in [1.54, 1.807) is 0 Å².